The summed E-state index contributed by atoms with van der Waals surface area (Å²) in [5.74, 6) is -2.53. The molecule has 2 N–H and O–H groups in total. The van der Waals surface area contributed by atoms with Crippen molar-refractivity contribution < 1.29 is 24.0 Å². The first-order valence-corrected chi connectivity index (χ1v) is 13.9. The Hall–Kier alpha value is -4.50. The third-order valence-corrected chi connectivity index (χ3v) is 8.16. The van der Waals surface area contributed by atoms with E-state index >= 15 is 0 Å². The van der Waals surface area contributed by atoms with Gasteiger partial charge in [0.2, 0.25) is 11.8 Å². The smallest absolute Gasteiger partial charge is 0.262 e. The van der Waals surface area contributed by atoms with Gasteiger partial charge >= 0.3 is 0 Å². The number of hydrogen-bond acceptors (Lipinski definition) is 6. The number of benzene rings is 3. The highest BCUT2D eigenvalue weighted by molar-refractivity contribution is 6.30. The maximum Gasteiger partial charge on any atom is 0.262 e. The van der Waals surface area contributed by atoms with Crippen molar-refractivity contribution in [2.45, 2.75) is 37.8 Å². The molecule has 2 saturated heterocycles. The van der Waals surface area contributed by atoms with Crippen LogP contribution in [0.4, 0.5) is 5.69 Å². The number of piperidine rings is 2. The molecule has 1 atom stereocenters. The molecule has 1 unspecified atom stereocenters. The first-order chi connectivity index (χ1) is 19.8. The molecule has 3 aliphatic rings. The Labute approximate surface area is 241 Å². The van der Waals surface area contributed by atoms with E-state index in [1.807, 2.05) is 42.5 Å². The highest BCUT2D eigenvalue weighted by Gasteiger charge is 2.45. The SMILES string of the molecule is O=C1CCC(N2C(=O)c3ccc(C(=O)N4CCC(Nc5ccccc5-c5ccc(Cl)cc5)CC4)cc3C2=O)C(=O)N1. The van der Waals surface area contributed by atoms with E-state index in [0.29, 0.717) is 23.7 Å². The van der Waals surface area contributed by atoms with Crippen molar-refractivity contribution in [2.24, 2.45) is 0 Å². The fourth-order valence-electron chi connectivity index (χ4n) is 5.72. The lowest BCUT2D eigenvalue weighted by Gasteiger charge is -2.33. The molecule has 5 amide bonds. The molecule has 10 heteroatoms. The number of halogens is 1. The van der Waals surface area contributed by atoms with Crippen molar-refractivity contribution in [3.8, 4) is 11.1 Å². The Balaban J connectivity index is 1.11. The Bertz CT molecular complexity index is 1580. The maximum atomic E-state index is 13.4. The summed E-state index contributed by atoms with van der Waals surface area (Å²) < 4.78 is 0. The van der Waals surface area contributed by atoms with E-state index in [1.54, 1.807) is 11.0 Å². The molecule has 6 rings (SSSR count). The molecule has 0 radical (unpaired) electrons. The Kier molecular flexibility index (Phi) is 7.05. The molecule has 41 heavy (non-hydrogen) atoms. The molecule has 3 heterocycles. The van der Waals surface area contributed by atoms with Crippen LogP contribution in [0.2, 0.25) is 5.02 Å². The summed E-state index contributed by atoms with van der Waals surface area (Å²) in [7, 11) is 0. The van der Waals surface area contributed by atoms with Crippen molar-refractivity contribution in [1.82, 2.24) is 15.1 Å². The molecule has 3 aromatic rings. The average molecular weight is 571 g/mol. The standard InChI is InChI=1S/C31H27ClN4O5/c32-20-8-5-18(6-9-20)22-3-1-2-4-25(22)33-21-13-15-35(16-14-21)29(39)19-7-10-23-24(17-19)31(41)36(30(23)40)26-11-12-27(37)34-28(26)38/h1-10,17,21,26,33H,11-16H2,(H,34,37,38). The van der Waals surface area contributed by atoms with Crippen LogP contribution < -0.4 is 10.6 Å². The second-order valence-electron chi connectivity index (χ2n) is 10.5. The molecule has 0 saturated carbocycles. The van der Waals surface area contributed by atoms with Gasteiger partial charge in [0.1, 0.15) is 6.04 Å². The Morgan fingerprint density at radius 2 is 1.54 bits per heavy atom. The monoisotopic (exact) mass is 570 g/mol. The van der Waals surface area contributed by atoms with Crippen LogP contribution in [0.25, 0.3) is 11.1 Å². The number of para-hydroxylation sites is 1. The number of rotatable bonds is 5. The lowest BCUT2D eigenvalue weighted by atomic mass is 9.99. The lowest BCUT2D eigenvalue weighted by molar-refractivity contribution is -0.136. The minimum atomic E-state index is -1.05. The van der Waals surface area contributed by atoms with Crippen LogP contribution in [-0.4, -0.2) is 64.5 Å². The molecular weight excluding hydrogens is 544 g/mol. The summed E-state index contributed by atoms with van der Waals surface area (Å²) in [4.78, 5) is 66.0. The first kappa shape index (κ1) is 26.7. The minimum absolute atomic E-state index is 0.0467. The first-order valence-electron chi connectivity index (χ1n) is 13.6. The third-order valence-electron chi connectivity index (χ3n) is 7.91. The van der Waals surface area contributed by atoms with Gasteiger partial charge in [-0.05, 0) is 61.2 Å². The van der Waals surface area contributed by atoms with Crippen molar-refractivity contribution in [3.05, 3.63) is 88.4 Å². The average Bonchev–Trinajstić information content (AvgIpc) is 3.23. The highest BCUT2D eigenvalue weighted by atomic mass is 35.5. The van der Waals surface area contributed by atoms with Gasteiger partial charge in [-0.3, -0.25) is 34.2 Å². The van der Waals surface area contributed by atoms with Crippen LogP contribution in [0, 0.1) is 0 Å². The van der Waals surface area contributed by atoms with Crippen LogP contribution >= 0.6 is 11.6 Å². The zero-order valence-electron chi connectivity index (χ0n) is 22.1. The van der Waals surface area contributed by atoms with E-state index in [2.05, 4.69) is 16.7 Å². The number of anilines is 1. The van der Waals surface area contributed by atoms with Gasteiger partial charge < -0.3 is 10.2 Å². The van der Waals surface area contributed by atoms with Gasteiger partial charge in [0, 0.05) is 47.4 Å². The summed E-state index contributed by atoms with van der Waals surface area (Å²) >= 11 is 6.06. The van der Waals surface area contributed by atoms with Gasteiger partial charge in [-0.15, -0.1) is 0 Å². The number of imide groups is 2. The summed E-state index contributed by atoms with van der Waals surface area (Å²) in [5, 5.41) is 6.50. The number of fused-ring (bicyclic) bond motifs is 1. The molecule has 0 aliphatic carbocycles. The quantitative estimate of drug-likeness (QED) is 0.446. The normalized spacial score (nSPS) is 19.3. The Morgan fingerprint density at radius 1 is 0.829 bits per heavy atom. The topological polar surface area (TPSA) is 116 Å². The fourth-order valence-corrected chi connectivity index (χ4v) is 5.85. The minimum Gasteiger partial charge on any atom is -0.382 e. The molecular formula is C31H27ClN4O5. The highest BCUT2D eigenvalue weighted by Crippen LogP contribution is 2.32. The number of likely N-dealkylation sites (tertiary alicyclic amines) is 1. The molecule has 2 fully saturated rings. The van der Waals surface area contributed by atoms with Gasteiger partial charge in [-0.25, -0.2) is 0 Å². The molecule has 9 nitrogen and oxygen atoms in total. The van der Waals surface area contributed by atoms with Gasteiger partial charge in [-0.2, -0.15) is 0 Å². The summed E-state index contributed by atoms with van der Waals surface area (Å²) in [6, 6.07) is 19.4. The number of nitrogens with zero attached hydrogens (tertiary/aromatic N) is 2. The summed E-state index contributed by atoms with van der Waals surface area (Å²) in [6.45, 7) is 1.07. The molecule has 208 valence electrons. The molecule has 0 spiro atoms. The predicted octanol–water partition coefficient (Wildman–Crippen LogP) is 4.12. The van der Waals surface area contributed by atoms with Crippen LogP contribution in [0.1, 0.15) is 56.8 Å². The van der Waals surface area contributed by atoms with Crippen molar-refractivity contribution in [1.29, 1.82) is 0 Å². The number of hydrogen-bond donors (Lipinski definition) is 2. The van der Waals surface area contributed by atoms with Crippen molar-refractivity contribution in [2.75, 3.05) is 18.4 Å². The Morgan fingerprint density at radius 3 is 2.27 bits per heavy atom. The van der Waals surface area contributed by atoms with Gasteiger partial charge in [0.05, 0.1) is 11.1 Å². The zero-order valence-corrected chi connectivity index (χ0v) is 22.8. The zero-order chi connectivity index (χ0) is 28.7. The fraction of sp³-hybridized carbons (Fsp3) is 0.258. The molecule has 0 bridgehead atoms. The molecule has 3 aliphatic heterocycles. The predicted molar refractivity (Wildman–Crippen MR) is 153 cm³/mol. The number of nitrogens with one attached hydrogen (secondary N) is 2. The molecule has 3 aromatic carbocycles. The molecule has 0 aromatic heterocycles. The van der Waals surface area contributed by atoms with Crippen LogP contribution in [0.5, 0.6) is 0 Å². The van der Waals surface area contributed by atoms with Crippen LogP contribution in [-0.2, 0) is 9.59 Å². The summed E-state index contributed by atoms with van der Waals surface area (Å²) in [6.07, 6.45) is 1.61. The second-order valence-corrected chi connectivity index (χ2v) is 10.9. The van der Waals surface area contributed by atoms with Gasteiger partial charge in [0.25, 0.3) is 17.7 Å². The number of carbonyl (C=O) groups excluding carboxylic acids is 5. The number of carbonyl (C=O) groups is 5. The number of amides is 5. The lowest BCUT2D eigenvalue weighted by Crippen LogP contribution is -2.54. The van der Waals surface area contributed by atoms with E-state index in [1.165, 1.54) is 12.1 Å². The van der Waals surface area contributed by atoms with Gasteiger partial charge in [0.15, 0.2) is 0 Å². The van der Waals surface area contributed by atoms with E-state index in [9.17, 15) is 24.0 Å². The van der Waals surface area contributed by atoms with E-state index in [0.717, 1.165) is 34.6 Å². The van der Waals surface area contributed by atoms with E-state index in [4.69, 9.17) is 11.6 Å². The van der Waals surface area contributed by atoms with E-state index in [-0.39, 0.29) is 35.9 Å². The van der Waals surface area contributed by atoms with Crippen LogP contribution in [0.3, 0.4) is 0 Å². The van der Waals surface area contributed by atoms with Crippen molar-refractivity contribution in [3.63, 3.8) is 0 Å². The van der Waals surface area contributed by atoms with Crippen molar-refractivity contribution >= 4 is 46.8 Å². The second kappa shape index (κ2) is 10.8. The maximum absolute atomic E-state index is 13.4. The third kappa shape index (κ3) is 5.09. The largest absolute Gasteiger partial charge is 0.382 e. The van der Waals surface area contributed by atoms with Crippen LogP contribution in [0.15, 0.2) is 66.7 Å². The van der Waals surface area contributed by atoms with Gasteiger partial charge in [-0.1, -0.05) is 41.9 Å². The van der Waals surface area contributed by atoms with E-state index < -0.39 is 29.7 Å². The summed E-state index contributed by atoms with van der Waals surface area (Å²) in [5.41, 5.74) is 3.72.